The molecule has 1 saturated heterocycles. The molecule has 1 heterocycles. The Balaban J connectivity index is 2.22. The molecule has 2 rings (SSSR count). The second kappa shape index (κ2) is 7.72. The van der Waals surface area contributed by atoms with Crippen LogP contribution in [0, 0.1) is 5.92 Å². The van der Waals surface area contributed by atoms with Crippen LogP contribution in [0.5, 0.6) is 0 Å². The molecule has 124 valence electrons. The minimum absolute atomic E-state index is 0.0113. The number of carbonyl (C=O) groups is 3. The molecular weight excluding hydrogens is 284 g/mol. The number of nitrogens with one attached hydrogen (secondary N) is 1. The zero-order valence-corrected chi connectivity index (χ0v) is 13.2. The van der Waals surface area contributed by atoms with E-state index in [1.54, 1.807) is 0 Å². The number of aliphatic carboxylic acids is 1. The highest BCUT2D eigenvalue weighted by Crippen LogP contribution is 2.41. The molecule has 0 bridgehead atoms. The number of hydrogen-bond acceptors (Lipinski definition) is 4. The summed E-state index contributed by atoms with van der Waals surface area (Å²) in [6.45, 7) is 1.96. The van der Waals surface area contributed by atoms with Gasteiger partial charge in [-0.3, -0.25) is 19.3 Å². The standard InChI is InChI=1S/C16H26N2O4/c1-2-5-13(16(21)22)18-12-7-4-3-6-11(12)8-14(18)15(20)9-17-10-19/h10-14H,2-9H2,1H3,(H,17,19)(H,21,22)/t11-,12-,13?,14?/m0/s1. The molecule has 6 nitrogen and oxygen atoms in total. The molecule has 0 aromatic carbocycles. The second-order valence-electron chi connectivity index (χ2n) is 6.42. The molecule has 0 spiro atoms. The maximum absolute atomic E-state index is 12.4. The van der Waals surface area contributed by atoms with Gasteiger partial charge in [-0.15, -0.1) is 0 Å². The molecule has 1 amide bonds. The minimum Gasteiger partial charge on any atom is -0.480 e. The molecule has 0 aromatic heterocycles. The molecule has 2 fully saturated rings. The SMILES string of the molecule is CCCC(C(=O)O)N1C(C(=O)CNC=O)C[C@@H]2CCCC[C@@H]21. The van der Waals surface area contributed by atoms with Crippen molar-refractivity contribution in [1.82, 2.24) is 10.2 Å². The predicted molar refractivity (Wildman–Crippen MR) is 81.4 cm³/mol. The van der Waals surface area contributed by atoms with Crippen LogP contribution in [-0.4, -0.2) is 52.8 Å². The van der Waals surface area contributed by atoms with Gasteiger partial charge >= 0.3 is 5.97 Å². The van der Waals surface area contributed by atoms with E-state index in [1.807, 2.05) is 11.8 Å². The van der Waals surface area contributed by atoms with E-state index in [1.165, 1.54) is 0 Å². The van der Waals surface area contributed by atoms with E-state index in [0.717, 1.165) is 38.5 Å². The maximum atomic E-state index is 12.4. The van der Waals surface area contributed by atoms with Gasteiger partial charge in [0, 0.05) is 6.04 Å². The van der Waals surface area contributed by atoms with E-state index in [0.29, 0.717) is 18.7 Å². The fourth-order valence-electron chi connectivity index (χ4n) is 4.17. The molecule has 6 heteroatoms. The van der Waals surface area contributed by atoms with Gasteiger partial charge in [0.2, 0.25) is 6.41 Å². The van der Waals surface area contributed by atoms with Crippen molar-refractivity contribution in [2.45, 2.75) is 70.0 Å². The number of rotatable bonds is 8. The summed E-state index contributed by atoms with van der Waals surface area (Å²) in [6.07, 6.45) is 6.90. The third kappa shape index (κ3) is 3.48. The molecule has 0 radical (unpaired) electrons. The lowest BCUT2D eigenvalue weighted by Gasteiger charge is -2.37. The molecule has 2 N–H and O–H groups in total. The first kappa shape index (κ1) is 16.9. The lowest BCUT2D eigenvalue weighted by Crippen LogP contribution is -2.53. The van der Waals surface area contributed by atoms with Gasteiger partial charge in [0.15, 0.2) is 5.78 Å². The summed E-state index contributed by atoms with van der Waals surface area (Å²) >= 11 is 0. The van der Waals surface area contributed by atoms with E-state index in [-0.39, 0.29) is 24.4 Å². The summed E-state index contributed by atoms with van der Waals surface area (Å²) in [4.78, 5) is 36.5. The number of ketones is 1. The van der Waals surface area contributed by atoms with Crippen molar-refractivity contribution in [2.24, 2.45) is 5.92 Å². The summed E-state index contributed by atoms with van der Waals surface area (Å²) in [7, 11) is 0. The van der Waals surface area contributed by atoms with Gasteiger partial charge in [0.25, 0.3) is 0 Å². The first-order valence-corrected chi connectivity index (χ1v) is 8.30. The van der Waals surface area contributed by atoms with Crippen molar-refractivity contribution in [3.05, 3.63) is 0 Å². The monoisotopic (exact) mass is 310 g/mol. The maximum Gasteiger partial charge on any atom is 0.320 e. The molecule has 1 saturated carbocycles. The third-order valence-corrected chi connectivity index (χ3v) is 5.08. The Bertz CT molecular complexity index is 426. The Morgan fingerprint density at radius 3 is 2.73 bits per heavy atom. The van der Waals surface area contributed by atoms with Crippen LogP contribution >= 0.6 is 0 Å². The van der Waals surface area contributed by atoms with Crippen LogP contribution in [0.2, 0.25) is 0 Å². The quantitative estimate of drug-likeness (QED) is 0.658. The zero-order chi connectivity index (χ0) is 16.1. The molecule has 2 unspecified atom stereocenters. The lowest BCUT2D eigenvalue weighted by atomic mass is 9.84. The van der Waals surface area contributed by atoms with Gasteiger partial charge in [0.05, 0.1) is 12.6 Å². The number of fused-ring (bicyclic) bond motifs is 1. The number of carbonyl (C=O) groups excluding carboxylic acids is 2. The van der Waals surface area contributed by atoms with Gasteiger partial charge in [-0.1, -0.05) is 26.2 Å². The smallest absolute Gasteiger partial charge is 0.320 e. The normalized spacial score (nSPS) is 29.6. The molecule has 4 atom stereocenters. The van der Waals surface area contributed by atoms with E-state index in [2.05, 4.69) is 5.32 Å². The fraction of sp³-hybridized carbons (Fsp3) is 0.812. The highest BCUT2D eigenvalue weighted by atomic mass is 16.4. The Morgan fingerprint density at radius 2 is 2.09 bits per heavy atom. The third-order valence-electron chi connectivity index (χ3n) is 5.08. The van der Waals surface area contributed by atoms with Gasteiger partial charge in [-0.2, -0.15) is 0 Å². The van der Waals surface area contributed by atoms with Gasteiger partial charge in [0.1, 0.15) is 6.04 Å². The van der Waals surface area contributed by atoms with E-state index in [9.17, 15) is 19.5 Å². The number of carboxylic acid groups (broad SMARTS) is 1. The van der Waals surface area contributed by atoms with Crippen molar-refractivity contribution in [3.63, 3.8) is 0 Å². The Morgan fingerprint density at radius 1 is 1.36 bits per heavy atom. The lowest BCUT2D eigenvalue weighted by molar-refractivity contribution is -0.146. The van der Waals surface area contributed by atoms with E-state index >= 15 is 0 Å². The van der Waals surface area contributed by atoms with Gasteiger partial charge in [-0.25, -0.2) is 0 Å². The van der Waals surface area contributed by atoms with Crippen LogP contribution in [0.25, 0.3) is 0 Å². The van der Waals surface area contributed by atoms with Crippen molar-refractivity contribution in [3.8, 4) is 0 Å². The fourth-order valence-corrected chi connectivity index (χ4v) is 4.17. The van der Waals surface area contributed by atoms with Crippen molar-refractivity contribution < 1.29 is 19.5 Å². The van der Waals surface area contributed by atoms with Gasteiger partial charge in [-0.05, 0) is 31.6 Å². The van der Waals surface area contributed by atoms with E-state index in [4.69, 9.17) is 0 Å². The predicted octanol–water partition coefficient (Wildman–Crippen LogP) is 1.19. The molecule has 1 aliphatic carbocycles. The van der Waals surface area contributed by atoms with Gasteiger partial charge < -0.3 is 10.4 Å². The van der Waals surface area contributed by atoms with Crippen molar-refractivity contribution in [1.29, 1.82) is 0 Å². The number of nitrogens with zero attached hydrogens (tertiary/aromatic N) is 1. The molecule has 0 aromatic rings. The van der Waals surface area contributed by atoms with Crippen LogP contribution in [0.15, 0.2) is 0 Å². The molecule has 1 aliphatic heterocycles. The summed E-state index contributed by atoms with van der Waals surface area (Å²) in [5, 5.41) is 12.0. The number of hydrogen-bond donors (Lipinski definition) is 2. The Hall–Kier alpha value is -1.43. The summed E-state index contributed by atoms with van der Waals surface area (Å²) in [6, 6.07) is -0.761. The highest BCUT2D eigenvalue weighted by Gasteiger charge is 2.48. The van der Waals surface area contributed by atoms with Crippen LogP contribution < -0.4 is 5.32 Å². The minimum atomic E-state index is -0.839. The largest absolute Gasteiger partial charge is 0.480 e. The number of amides is 1. The molecular formula is C16H26N2O4. The first-order chi connectivity index (χ1) is 10.6. The van der Waals surface area contributed by atoms with Crippen LogP contribution in [-0.2, 0) is 14.4 Å². The first-order valence-electron chi connectivity index (χ1n) is 8.30. The Labute approximate surface area is 131 Å². The van der Waals surface area contributed by atoms with Crippen molar-refractivity contribution >= 4 is 18.2 Å². The summed E-state index contributed by atoms with van der Waals surface area (Å²) in [5.74, 6) is -0.490. The summed E-state index contributed by atoms with van der Waals surface area (Å²) < 4.78 is 0. The number of likely N-dealkylation sites (tertiary alicyclic amines) is 1. The average molecular weight is 310 g/mol. The highest BCUT2D eigenvalue weighted by molar-refractivity contribution is 5.88. The molecule has 2 aliphatic rings. The molecule has 22 heavy (non-hydrogen) atoms. The average Bonchev–Trinajstić information content (AvgIpc) is 2.89. The van der Waals surface area contributed by atoms with E-state index < -0.39 is 12.0 Å². The number of carboxylic acids is 1. The Kier molecular flexibility index (Phi) is 5.94. The number of Topliss-reactive ketones (excluding diaryl/α,β-unsaturated/α-hetero) is 1. The van der Waals surface area contributed by atoms with Crippen LogP contribution in [0.1, 0.15) is 51.9 Å². The van der Waals surface area contributed by atoms with Crippen LogP contribution in [0.3, 0.4) is 0 Å². The summed E-state index contributed by atoms with van der Waals surface area (Å²) in [5.41, 5.74) is 0. The van der Waals surface area contributed by atoms with Crippen LogP contribution in [0.4, 0.5) is 0 Å². The zero-order valence-electron chi connectivity index (χ0n) is 13.2. The second-order valence-corrected chi connectivity index (χ2v) is 6.42. The van der Waals surface area contributed by atoms with Crippen molar-refractivity contribution in [2.75, 3.05) is 6.54 Å². The topological polar surface area (TPSA) is 86.7 Å².